The van der Waals surface area contributed by atoms with Gasteiger partial charge in [-0.3, -0.25) is 13.9 Å². The highest BCUT2D eigenvalue weighted by Gasteiger charge is 2.26. The molecule has 1 aromatic carbocycles. The highest BCUT2D eigenvalue weighted by Crippen LogP contribution is 2.23. The maximum absolute atomic E-state index is 14.1. The van der Waals surface area contributed by atoms with E-state index in [1.54, 1.807) is 7.05 Å². The first-order chi connectivity index (χ1) is 16.2. The molecule has 34 heavy (non-hydrogen) atoms. The fourth-order valence-electron chi connectivity index (χ4n) is 4.43. The van der Waals surface area contributed by atoms with Gasteiger partial charge in [-0.15, -0.1) is 0 Å². The smallest absolute Gasteiger partial charge is 0.332 e. The molecule has 1 aliphatic heterocycles. The molecule has 2 aromatic heterocycles. The van der Waals surface area contributed by atoms with Crippen molar-refractivity contribution in [3.05, 3.63) is 67.9 Å². The van der Waals surface area contributed by atoms with Gasteiger partial charge < -0.3 is 15.2 Å². The number of imidazole rings is 1. The van der Waals surface area contributed by atoms with E-state index < -0.39 is 22.9 Å². The van der Waals surface area contributed by atoms with E-state index in [-0.39, 0.29) is 35.7 Å². The average molecular weight is 473 g/mol. The fraction of sp³-hybridized carbons (Fsp3) is 0.458. The molecule has 1 fully saturated rings. The largest absolute Gasteiger partial charge is 0.341 e. The van der Waals surface area contributed by atoms with Crippen LogP contribution in [0.4, 0.5) is 14.7 Å². The van der Waals surface area contributed by atoms with E-state index in [0.29, 0.717) is 19.0 Å². The molecule has 0 aliphatic carbocycles. The Labute approximate surface area is 195 Å². The van der Waals surface area contributed by atoms with E-state index in [4.69, 9.17) is 10.7 Å². The highest BCUT2D eigenvalue weighted by atomic mass is 19.1. The number of halogens is 2. The lowest BCUT2D eigenvalue weighted by atomic mass is 10.1. The molecule has 8 nitrogen and oxygen atoms in total. The molecule has 1 aliphatic rings. The number of fused-ring (bicyclic) bond motifs is 1. The van der Waals surface area contributed by atoms with Crippen LogP contribution in [0.15, 0.2) is 39.4 Å². The molecule has 1 saturated heterocycles. The van der Waals surface area contributed by atoms with Crippen LogP contribution in [0.1, 0.15) is 32.3 Å². The Morgan fingerprint density at radius 2 is 1.91 bits per heavy atom. The molecule has 0 spiro atoms. The number of allylic oxidation sites excluding steroid dienone is 2. The molecule has 2 N–H and O–H groups in total. The molecule has 0 amide bonds. The maximum atomic E-state index is 14.1. The molecular weight excluding hydrogens is 442 g/mol. The summed E-state index contributed by atoms with van der Waals surface area (Å²) in [7, 11) is 1.55. The summed E-state index contributed by atoms with van der Waals surface area (Å²) in [6.07, 6.45) is 3.68. The summed E-state index contributed by atoms with van der Waals surface area (Å²) in [5.41, 5.74) is 6.55. The first-order valence-corrected chi connectivity index (χ1v) is 11.5. The molecule has 3 heterocycles. The van der Waals surface area contributed by atoms with Gasteiger partial charge in [-0.1, -0.05) is 17.7 Å². The summed E-state index contributed by atoms with van der Waals surface area (Å²) < 4.78 is 32.4. The first-order valence-electron chi connectivity index (χ1n) is 11.5. The van der Waals surface area contributed by atoms with E-state index >= 15 is 0 Å². The van der Waals surface area contributed by atoms with Crippen LogP contribution in [-0.4, -0.2) is 37.8 Å². The van der Waals surface area contributed by atoms with Gasteiger partial charge in [0.25, 0.3) is 5.56 Å². The molecule has 0 radical (unpaired) electrons. The Morgan fingerprint density at radius 1 is 1.21 bits per heavy atom. The molecule has 182 valence electrons. The standard InChI is InChI=1S/C24H30F2N6O2/c1-15(2)9-12-31-20-21(28-23(31)30-11-5-6-16(27)14-30)29(3)24(34)32(22(20)33)13-10-17-18(25)7-4-8-19(17)26/h4,7-9,16H,5-6,10-14,27H2,1-3H3. The second kappa shape index (κ2) is 9.54. The van der Waals surface area contributed by atoms with Crippen LogP contribution in [0.5, 0.6) is 0 Å². The van der Waals surface area contributed by atoms with Gasteiger partial charge in [-0.25, -0.2) is 13.6 Å². The summed E-state index contributed by atoms with van der Waals surface area (Å²) in [6.45, 7) is 5.53. The zero-order chi connectivity index (χ0) is 24.6. The highest BCUT2D eigenvalue weighted by molar-refractivity contribution is 5.74. The van der Waals surface area contributed by atoms with Crippen LogP contribution in [0.2, 0.25) is 0 Å². The second-order valence-electron chi connectivity index (χ2n) is 9.07. The monoisotopic (exact) mass is 472 g/mol. The second-order valence-corrected chi connectivity index (χ2v) is 9.07. The maximum Gasteiger partial charge on any atom is 0.332 e. The number of piperidine rings is 1. The van der Waals surface area contributed by atoms with Crippen molar-refractivity contribution in [3.63, 3.8) is 0 Å². The minimum absolute atomic E-state index is 0.00149. The average Bonchev–Trinajstić information content (AvgIpc) is 3.17. The normalized spacial score (nSPS) is 16.3. The van der Waals surface area contributed by atoms with Crippen molar-refractivity contribution >= 4 is 17.1 Å². The first kappa shape index (κ1) is 23.9. The van der Waals surface area contributed by atoms with Gasteiger partial charge in [0, 0.05) is 44.8 Å². The van der Waals surface area contributed by atoms with Gasteiger partial charge >= 0.3 is 5.69 Å². The van der Waals surface area contributed by atoms with Crippen molar-refractivity contribution in [2.75, 3.05) is 18.0 Å². The number of hydrogen-bond acceptors (Lipinski definition) is 5. The molecule has 1 atom stereocenters. The van der Waals surface area contributed by atoms with Crippen molar-refractivity contribution < 1.29 is 8.78 Å². The molecule has 0 saturated carbocycles. The van der Waals surface area contributed by atoms with Crippen molar-refractivity contribution in [2.45, 2.75) is 52.2 Å². The SMILES string of the molecule is CC(C)=CCn1c(N2CCCC(N)C2)nc2c1c(=O)n(CCc1c(F)cccc1F)c(=O)n2C. The Balaban J connectivity index is 1.86. The van der Waals surface area contributed by atoms with Crippen LogP contribution < -0.4 is 21.9 Å². The molecule has 0 bridgehead atoms. The number of aryl methyl sites for hydroxylation is 1. The van der Waals surface area contributed by atoms with Gasteiger partial charge in [0.15, 0.2) is 11.2 Å². The number of benzene rings is 1. The van der Waals surface area contributed by atoms with Crippen molar-refractivity contribution in [1.82, 2.24) is 18.7 Å². The Kier molecular flexibility index (Phi) is 6.70. The van der Waals surface area contributed by atoms with Gasteiger partial charge in [-0.2, -0.15) is 4.98 Å². The number of hydrogen-bond donors (Lipinski definition) is 1. The lowest BCUT2D eigenvalue weighted by Crippen LogP contribution is -2.44. The number of aromatic nitrogens is 4. The minimum Gasteiger partial charge on any atom is -0.341 e. The summed E-state index contributed by atoms with van der Waals surface area (Å²) in [5, 5.41) is 0. The van der Waals surface area contributed by atoms with Gasteiger partial charge in [0.05, 0.1) is 0 Å². The van der Waals surface area contributed by atoms with Crippen LogP contribution in [-0.2, 0) is 26.6 Å². The number of nitrogens with zero attached hydrogens (tertiary/aromatic N) is 5. The number of nitrogens with two attached hydrogens (primary N) is 1. The van der Waals surface area contributed by atoms with Crippen molar-refractivity contribution in [2.24, 2.45) is 12.8 Å². The number of rotatable bonds is 6. The third-order valence-electron chi connectivity index (χ3n) is 6.28. The van der Waals surface area contributed by atoms with Gasteiger partial charge in [0.2, 0.25) is 5.95 Å². The van der Waals surface area contributed by atoms with E-state index in [9.17, 15) is 18.4 Å². The van der Waals surface area contributed by atoms with E-state index in [1.165, 1.54) is 10.6 Å². The topological polar surface area (TPSA) is 91.1 Å². The summed E-state index contributed by atoms with van der Waals surface area (Å²) >= 11 is 0. The van der Waals surface area contributed by atoms with E-state index in [2.05, 4.69) is 4.90 Å². The molecule has 1 unspecified atom stereocenters. The molecular formula is C24H30F2N6O2. The van der Waals surface area contributed by atoms with Crippen LogP contribution in [0, 0.1) is 11.6 Å². The lowest BCUT2D eigenvalue weighted by molar-refractivity contribution is 0.495. The Bertz CT molecular complexity index is 1350. The molecule has 10 heteroatoms. The van der Waals surface area contributed by atoms with Gasteiger partial charge in [-0.05, 0) is 45.2 Å². The zero-order valence-electron chi connectivity index (χ0n) is 19.7. The van der Waals surface area contributed by atoms with Crippen LogP contribution >= 0.6 is 0 Å². The predicted molar refractivity (Wildman–Crippen MR) is 128 cm³/mol. The minimum atomic E-state index is -0.705. The zero-order valence-corrected chi connectivity index (χ0v) is 19.7. The predicted octanol–water partition coefficient (Wildman–Crippen LogP) is 2.31. The lowest BCUT2D eigenvalue weighted by Gasteiger charge is -2.31. The molecule has 4 rings (SSSR count). The Morgan fingerprint density at radius 3 is 2.56 bits per heavy atom. The van der Waals surface area contributed by atoms with Gasteiger partial charge in [0.1, 0.15) is 11.6 Å². The third-order valence-corrected chi connectivity index (χ3v) is 6.28. The third kappa shape index (κ3) is 4.42. The molecule has 3 aromatic rings. The summed E-state index contributed by atoms with van der Waals surface area (Å²) in [5.74, 6) is -0.820. The fourth-order valence-corrected chi connectivity index (χ4v) is 4.43. The quantitative estimate of drug-likeness (QED) is 0.556. The van der Waals surface area contributed by atoms with E-state index in [0.717, 1.165) is 41.7 Å². The van der Waals surface area contributed by atoms with E-state index in [1.807, 2.05) is 24.5 Å². The summed E-state index contributed by atoms with van der Waals surface area (Å²) in [4.78, 5) is 33.4. The Hall–Kier alpha value is -3.27. The van der Waals surface area contributed by atoms with Crippen LogP contribution in [0.25, 0.3) is 11.2 Å². The van der Waals surface area contributed by atoms with Crippen LogP contribution in [0.3, 0.4) is 0 Å². The number of anilines is 1. The summed E-state index contributed by atoms with van der Waals surface area (Å²) in [6, 6.07) is 3.60. The van der Waals surface area contributed by atoms with Crippen molar-refractivity contribution in [3.8, 4) is 0 Å². The van der Waals surface area contributed by atoms with Crippen molar-refractivity contribution in [1.29, 1.82) is 0 Å².